The molecule has 126 valence electrons. The number of likely N-dealkylation sites (tertiary alicyclic amines) is 1. The van der Waals surface area contributed by atoms with E-state index in [1.807, 2.05) is 26.0 Å². The van der Waals surface area contributed by atoms with E-state index in [0.29, 0.717) is 11.6 Å². The molecule has 1 atom stereocenters. The molecule has 5 nitrogen and oxygen atoms in total. The van der Waals surface area contributed by atoms with E-state index in [9.17, 15) is 9.59 Å². The highest BCUT2D eigenvalue weighted by atomic mass is 16.5. The van der Waals surface area contributed by atoms with Crippen LogP contribution in [0.25, 0.3) is 0 Å². The molecule has 1 aromatic rings. The van der Waals surface area contributed by atoms with E-state index in [1.165, 1.54) is 0 Å². The summed E-state index contributed by atoms with van der Waals surface area (Å²) >= 11 is 0. The number of piperidine rings is 1. The van der Waals surface area contributed by atoms with Crippen molar-refractivity contribution in [2.75, 3.05) is 18.4 Å². The number of rotatable bonds is 5. The second kappa shape index (κ2) is 7.99. The van der Waals surface area contributed by atoms with Crippen LogP contribution in [0.1, 0.15) is 40.0 Å². The highest BCUT2D eigenvalue weighted by Gasteiger charge is 2.22. The van der Waals surface area contributed by atoms with Gasteiger partial charge in [0.25, 0.3) is 0 Å². The Labute approximate surface area is 138 Å². The first kappa shape index (κ1) is 17.3. The average molecular weight is 318 g/mol. The van der Waals surface area contributed by atoms with Crippen molar-refractivity contribution in [2.45, 2.75) is 46.1 Å². The number of ether oxygens (including phenoxy) is 1. The summed E-state index contributed by atoms with van der Waals surface area (Å²) in [7, 11) is 0. The Kier molecular flexibility index (Phi) is 6.02. The van der Waals surface area contributed by atoms with E-state index in [-0.39, 0.29) is 24.3 Å². The van der Waals surface area contributed by atoms with Crippen LogP contribution in [0.15, 0.2) is 24.3 Å². The number of anilines is 1. The van der Waals surface area contributed by atoms with Crippen LogP contribution >= 0.6 is 0 Å². The molecule has 2 amide bonds. The molecule has 1 aromatic carbocycles. The van der Waals surface area contributed by atoms with Crippen LogP contribution in [0, 0.1) is 5.92 Å². The van der Waals surface area contributed by atoms with E-state index >= 15 is 0 Å². The van der Waals surface area contributed by atoms with Gasteiger partial charge in [-0.2, -0.15) is 0 Å². The number of nitrogens with zero attached hydrogens (tertiary/aromatic N) is 1. The predicted molar refractivity (Wildman–Crippen MR) is 90.4 cm³/mol. The molecular weight excluding hydrogens is 292 g/mol. The summed E-state index contributed by atoms with van der Waals surface area (Å²) in [5, 5.41) is 2.76. The highest BCUT2D eigenvalue weighted by molar-refractivity contribution is 6.03. The largest absolute Gasteiger partial charge is 0.491 e. The average Bonchev–Trinajstić information content (AvgIpc) is 2.48. The van der Waals surface area contributed by atoms with Gasteiger partial charge in [0.15, 0.2) is 0 Å². The molecule has 0 radical (unpaired) electrons. The lowest BCUT2D eigenvalue weighted by Gasteiger charge is -2.30. The third-order valence-corrected chi connectivity index (χ3v) is 3.83. The molecule has 1 fully saturated rings. The van der Waals surface area contributed by atoms with Gasteiger partial charge in [-0.15, -0.1) is 0 Å². The van der Waals surface area contributed by atoms with Crippen molar-refractivity contribution in [1.82, 2.24) is 4.90 Å². The fraction of sp³-hybridized carbons (Fsp3) is 0.556. The minimum atomic E-state index is -0.272. The Morgan fingerprint density at radius 2 is 2.00 bits per heavy atom. The van der Waals surface area contributed by atoms with Gasteiger partial charge in [0.2, 0.25) is 11.8 Å². The number of carbonyl (C=O) groups is 2. The topological polar surface area (TPSA) is 58.6 Å². The highest BCUT2D eigenvalue weighted by Crippen LogP contribution is 2.18. The molecular formula is C18H26N2O3. The fourth-order valence-electron chi connectivity index (χ4n) is 2.76. The van der Waals surface area contributed by atoms with Gasteiger partial charge in [0, 0.05) is 18.8 Å². The lowest BCUT2D eigenvalue weighted by molar-refractivity contribution is -0.136. The Bertz CT molecular complexity index is 540. The first-order valence-electron chi connectivity index (χ1n) is 8.28. The Morgan fingerprint density at radius 1 is 1.30 bits per heavy atom. The van der Waals surface area contributed by atoms with Crippen LogP contribution in [-0.4, -0.2) is 35.9 Å². The SMILES string of the molecule is CC1CCCN(C(=O)CC(=O)Nc2ccc(OC(C)C)cc2)C1. The smallest absolute Gasteiger partial charge is 0.233 e. The Morgan fingerprint density at radius 3 is 2.61 bits per heavy atom. The minimum absolute atomic E-state index is 0.0891. The summed E-state index contributed by atoms with van der Waals surface area (Å²) in [6.07, 6.45) is 2.18. The van der Waals surface area contributed by atoms with E-state index in [4.69, 9.17) is 4.74 Å². The lowest BCUT2D eigenvalue weighted by Crippen LogP contribution is -2.40. The molecule has 1 unspecified atom stereocenters. The molecule has 1 aliphatic rings. The zero-order valence-corrected chi connectivity index (χ0v) is 14.2. The van der Waals surface area contributed by atoms with Crippen molar-refractivity contribution >= 4 is 17.5 Å². The van der Waals surface area contributed by atoms with E-state index in [0.717, 1.165) is 31.7 Å². The number of amides is 2. The van der Waals surface area contributed by atoms with Crippen molar-refractivity contribution in [3.8, 4) is 5.75 Å². The third kappa shape index (κ3) is 5.58. The molecule has 1 heterocycles. The van der Waals surface area contributed by atoms with Gasteiger partial charge in [0.1, 0.15) is 12.2 Å². The van der Waals surface area contributed by atoms with Gasteiger partial charge in [-0.3, -0.25) is 9.59 Å². The maximum atomic E-state index is 12.2. The molecule has 1 aliphatic heterocycles. The lowest BCUT2D eigenvalue weighted by atomic mass is 10.00. The van der Waals surface area contributed by atoms with Crippen LogP contribution < -0.4 is 10.1 Å². The van der Waals surface area contributed by atoms with E-state index < -0.39 is 0 Å². The molecule has 1 N–H and O–H groups in total. The first-order valence-corrected chi connectivity index (χ1v) is 8.28. The second-order valence-electron chi connectivity index (χ2n) is 6.50. The standard InChI is InChI=1S/C18H26N2O3/c1-13(2)23-16-8-6-15(7-9-16)19-17(21)11-18(22)20-10-4-5-14(3)12-20/h6-9,13-14H,4-5,10-12H2,1-3H3,(H,19,21). The molecule has 0 aliphatic carbocycles. The van der Waals surface area contributed by atoms with Crippen molar-refractivity contribution in [2.24, 2.45) is 5.92 Å². The van der Waals surface area contributed by atoms with E-state index in [1.54, 1.807) is 17.0 Å². The summed E-state index contributed by atoms with van der Waals surface area (Å²) in [6.45, 7) is 7.58. The normalized spacial score (nSPS) is 17.9. The molecule has 23 heavy (non-hydrogen) atoms. The van der Waals surface area contributed by atoms with Crippen molar-refractivity contribution in [1.29, 1.82) is 0 Å². The maximum absolute atomic E-state index is 12.2. The third-order valence-electron chi connectivity index (χ3n) is 3.83. The predicted octanol–water partition coefficient (Wildman–Crippen LogP) is 3.06. The monoisotopic (exact) mass is 318 g/mol. The Balaban J connectivity index is 1.83. The number of hydrogen-bond acceptors (Lipinski definition) is 3. The molecule has 1 saturated heterocycles. The summed E-state index contributed by atoms with van der Waals surface area (Å²) in [4.78, 5) is 26.0. The van der Waals surface area contributed by atoms with Gasteiger partial charge >= 0.3 is 0 Å². The summed E-state index contributed by atoms with van der Waals surface area (Å²) < 4.78 is 5.55. The van der Waals surface area contributed by atoms with Crippen molar-refractivity contribution < 1.29 is 14.3 Å². The summed E-state index contributed by atoms with van der Waals surface area (Å²) in [5.41, 5.74) is 0.672. The summed E-state index contributed by atoms with van der Waals surface area (Å²) in [6, 6.07) is 7.18. The second-order valence-corrected chi connectivity index (χ2v) is 6.50. The van der Waals surface area contributed by atoms with E-state index in [2.05, 4.69) is 12.2 Å². The fourth-order valence-corrected chi connectivity index (χ4v) is 2.76. The maximum Gasteiger partial charge on any atom is 0.233 e. The molecule has 5 heteroatoms. The molecule has 0 saturated carbocycles. The first-order chi connectivity index (χ1) is 10.9. The van der Waals surface area contributed by atoms with Gasteiger partial charge < -0.3 is 15.0 Å². The van der Waals surface area contributed by atoms with Crippen LogP contribution in [0.5, 0.6) is 5.75 Å². The zero-order valence-electron chi connectivity index (χ0n) is 14.2. The summed E-state index contributed by atoms with van der Waals surface area (Å²) in [5.74, 6) is 0.917. The van der Waals surface area contributed by atoms with Crippen LogP contribution in [-0.2, 0) is 9.59 Å². The number of nitrogens with one attached hydrogen (secondary N) is 1. The number of benzene rings is 1. The Hall–Kier alpha value is -2.04. The van der Waals surface area contributed by atoms with Gasteiger partial charge in [-0.1, -0.05) is 6.92 Å². The molecule has 2 rings (SSSR count). The van der Waals surface area contributed by atoms with Gasteiger partial charge in [0.05, 0.1) is 6.10 Å². The zero-order chi connectivity index (χ0) is 16.8. The van der Waals surface area contributed by atoms with Gasteiger partial charge in [-0.05, 0) is 56.9 Å². The van der Waals surface area contributed by atoms with Crippen molar-refractivity contribution in [3.05, 3.63) is 24.3 Å². The van der Waals surface area contributed by atoms with Crippen molar-refractivity contribution in [3.63, 3.8) is 0 Å². The van der Waals surface area contributed by atoms with Crippen LogP contribution in [0.4, 0.5) is 5.69 Å². The van der Waals surface area contributed by atoms with Crippen LogP contribution in [0.2, 0.25) is 0 Å². The molecule has 0 spiro atoms. The van der Waals surface area contributed by atoms with Gasteiger partial charge in [-0.25, -0.2) is 0 Å². The number of hydrogen-bond donors (Lipinski definition) is 1. The molecule has 0 bridgehead atoms. The quantitative estimate of drug-likeness (QED) is 0.849. The molecule has 0 aromatic heterocycles. The minimum Gasteiger partial charge on any atom is -0.491 e. The number of carbonyl (C=O) groups excluding carboxylic acids is 2. The van der Waals surface area contributed by atoms with Crippen LogP contribution in [0.3, 0.4) is 0 Å².